The minimum atomic E-state index is -0.514. The Bertz CT molecular complexity index is 995. The quantitative estimate of drug-likeness (QED) is 0.136. The van der Waals surface area contributed by atoms with E-state index in [0.29, 0.717) is 5.75 Å². The van der Waals surface area contributed by atoms with Gasteiger partial charge in [0.1, 0.15) is 11.6 Å². The van der Waals surface area contributed by atoms with Crippen molar-refractivity contribution in [3.8, 4) is 5.75 Å². The maximum absolute atomic E-state index is 15.2. The van der Waals surface area contributed by atoms with E-state index >= 15 is 4.39 Å². The molecule has 36 heavy (non-hydrogen) atoms. The van der Waals surface area contributed by atoms with Gasteiger partial charge >= 0.3 is 5.97 Å². The lowest BCUT2D eigenvalue weighted by Gasteiger charge is -2.42. The number of ether oxygens (including phenoxy) is 1. The molecule has 2 aromatic carbocycles. The van der Waals surface area contributed by atoms with Crippen LogP contribution in [0.5, 0.6) is 5.75 Å². The number of aryl methyl sites for hydroxylation is 1. The average molecular weight is 491 g/mol. The lowest BCUT2D eigenvalue weighted by atomic mass is 9.63. The Balaban J connectivity index is 1.30. The topological polar surface area (TPSA) is 26.3 Å². The number of hydrogen-bond acceptors (Lipinski definition) is 2. The Labute approximate surface area is 217 Å². The van der Waals surface area contributed by atoms with Gasteiger partial charge in [0, 0.05) is 0 Å². The number of hydrogen-bond donors (Lipinski definition) is 0. The Kier molecular flexibility index (Phi) is 9.78. The highest BCUT2D eigenvalue weighted by molar-refractivity contribution is 5.91. The van der Waals surface area contributed by atoms with Gasteiger partial charge in [-0.3, -0.25) is 0 Å². The zero-order chi connectivity index (χ0) is 25.3. The number of carbonyl (C=O) groups is 1. The van der Waals surface area contributed by atoms with Crippen LogP contribution in [-0.2, 0) is 6.42 Å². The minimum Gasteiger partial charge on any atom is -0.423 e. The molecule has 2 saturated carbocycles. The molecule has 2 aliphatic rings. The molecule has 1 unspecified atom stereocenters. The lowest BCUT2D eigenvalue weighted by molar-refractivity contribution is 0.0734. The van der Waals surface area contributed by atoms with Crippen molar-refractivity contribution in [2.45, 2.75) is 96.3 Å². The molecule has 2 nitrogen and oxygen atoms in total. The molecule has 0 heterocycles. The van der Waals surface area contributed by atoms with Gasteiger partial charge in [-0.25, -0.2) is 9.18 Å². The summed E-state index contributed by atoms with van der Waals surface area (Å²) in [6.45, 7) is 6.02. The Morgan fingerprint density at radius 3 is 2.53 bits per heavy atom. The third-order valence-corrected chi connectivity index (χ3v) is 8.63. The van der Waals surface area contributed by atoms with Crippen molar-refractivity contribution >= 4 is 5.97 Å². The highest BCUT2D eigenvalue weighted by atomic mass is 19.1. The Morgan fingerprint density at radius 1 is 1.00 bits per heavy atom. The number of halogens is 1. The maximum atomic E-state index is 15.2. The van der Waals surface area contributed by atoms with Crippen molar-refractivity contribution in [1.29, 1.82) is 0 Å². The minimum absolute atomic E-state index is 0.264. The van der Waals surface area contributed by atoms with Gasteiger partial charge in [0.2, 0.25) is 0 Å². The van der Waals surface area contributed by atoms with Crippen LogP contribution in [0.4, 0.5) is 4.39 Å². The van der Waals surface area contributed by atoms with Crippen molar-refractivity contribution in [2.24, 2.45) is 17.8 Å². The highest BCUT2D eigenvalue weighted by Crippen LogP contribution is 2.48. The van der Waals surface area contributed by atoms with E-state index in [9.17, 15) is 4.79 Å². The number of fused-ring (bicyclic) bond motifs is 1. The summed E-state index contributed by atoms with van der Waals surface area (Å²) in [5.74, 6) is 2.43. The van der Waals surface area contributed by atoms with E-state index in [1.165, 1.54) is 69.4 Å². The fraction of sp³-hybridized carbons (Fsp3) is 0.545. The number of esters is 1. The first-order valence-corrected chi connectivity index (χ1v) is 14.3. The summed E-state index contributed by atoms with van der Waals surface area (Å²) in [6, 6.07) is 12.4. The van der Waals surface area contributed by atoms with E-state index in [2.05, 4.69) is 13.5 Å². The number of unbranched alkanes of at least 4 members (excludes halogenated alkanes) is 3. The first-order chi connectivity index (χ1) is 17.6. The van der Waals surface area contributed by atoms with Gasteiger partial charge in [0.05, 0.1) is 5.56 Å². The summed E-state index contributed by atoms with van der Waals surface area (Å²) < 4.78 is 20.7. The monoisotopic (exact) mass is 490 g/mol. The second-order valence-corrected chi connectivity index (χ2v) is 11.2. The second kappa shape index (κ2) is 13.2. The lowest BCUT2D eigenvalue weighted by Crippen LogP contribution is -2.30. The summed E-state index contributed by atoms with van der Waals surface area (Å²) in [4.78, 5) is 12.6. The van der Waals surface area contributed by atoms with Crippen LogP contribution in [0.25, 0.3) is 0 Å². The van der Waals surface area contributed by atoms with Crippen LogP contribution in [0.3, 0.4) is 0 Å². The SMILES string of the molecule is C=CCCc1ccc(OC(=O)c2ccc(C3CC[C@H]4C[C@@H](CCCCCC)CC[C@@H]4C3)c(F)c2)cc1. The largest absolute Gasteiger partial charge is 0.423 e. The van der Waals surface area contributed by atoms with E-state index in [4.69, 9.17) is 4.74 Å². The molecule has 0 bridgehead atoms. The van der Waals surface area contributed by atoms with E-state index in [1.807, 2.05) is 24.3 Å². The number of carbonyl (C=O) groups excluding carboxylic acids is 1. The van der Waals surface area contributed by atoms with Crippen molar-refractivity contribution in [2.75, 3.05) is 0 Å². The first-order valence-electron chi connectivity index (χ1n) is 14.3. The number of allylic oxidation sites excluding steroid dienone is 1. The molecule has 194 valence electrons. The molecule has 0 N–H and O–H groups in total. The van der Waals surface area contributed by atoms with Gasteiger partial charge in [-0.15, -0.1) is 6.58 Å². The second-order valence-electron chi connectivity index (χ2n) is 11.2. The summed E-state index contributed by atoms with van der Waals surface area (Å²) >= 11 is 0. The molecule has 3 heteroatoms. The standard InChI is InChI=1S/C33H43FO2/c1-3-5-7-8-10-25-11-14-27-22-28(16-15-26(27)21-25)31-20-17-29(23-32(31)34)33(35)36-30-18-12-24(13-19-30)9-6-4-2/h4,12-13,17-20,23,25-28H,2-3,5-11,14-16,21-22H2,1H3/t25-,26-,27+,28?/m0/s1. The highest BCUT2D eigenvalue weighted by Gasteiger charge is 2.36. The number of rotatable bonds is 11. The summed E-state index contributed by atoms with van der Waals surface area (Å²) in [5.41, 5.74) is 2.21. The molecule has 2 aliphatic carbocycles. The van der Waals surface area contributed by atoms with Crippen molar-refractivity contribution < 1.29 is 13.9 Å². The van der Waals surface area contributed by atoms with Crippen molar-refractivity contribution in [1.82, 2.24) is 0 Å². The van der Waals surface area contributed by atoms with Crippen LogP contribution in [-0.4, -0.2) is 5.97 Å². The van der Waals surface area contributed by atoms with Gasteiger partial charge in [0.25, 0.3) is 0 Å². The molecule has 0 saturated heterocycles. The zero-order valence-corrected chi connectivity index (χ0v) is 22.0. The van der Waals surface area contributed by atoms with Crippen molar-refractivity contribution in [3.05, 3.63) is 77.6 Å². The van der Waals surface area contributed by atoms with Crippen molar-refractivity contribution in [3.63, 3.8) is 0 Å². The van der Waals surface area contributed by atoms with E-state index in [0.717, 1.165) is 49.0 Å². The zero-order valence-electron chi connectivity index (χ0n) is 22.0. The van der Waals surface area contributed by atoms with E-state index < -0.39 is 5.97 Å². The first kappa shape index (κ1) is 26.6. The predicted molar refractivity (Wildman–Crippen MR) is 146 cm³/mol. The molecule has 2 aromatic rings. The molecule has 4 rings (SSSR count). The van der Waals surface area contributed by atoms with Gasteiger partial charge < -0.3 is 4.74 Å². The molecular formula is C33H43FO2. The molecule has 2 fully saturated rings. The third kappa shape index (κ3) is 7.08. The maximum Gasteiger partial charge on any atom is 0.343 e. The summed E-state index contributed by atoms with van der Waals surface area (Å²) in [5, 5.41) is 0. The summed E-state index contributed by atoms with van der Waals surface area (Å²) in [6.07, 6.45) is 17.9. The molecule has 0 aliphatic heterocycles. The molecule has 0 spiro atoms. The van der Waals surface area contributed by atoms with E-state index in [-0.39, 0.29) is 17.3 Å². The van der Waals surface area contributed by atoms with Gasteiger partial charge in [-0.05, 0) is 104 Å². The predicted octanol–water partition coefficient (Wildman–Crippen LogP) is 9.43. The number of benzene rings is 2. The third-order valence-electron chi connectivity index (χ3n) is 8.63. The van der Waals surface area contributed by atoms with Crippen LogP contribution in [0.15, 0.2) is 55.1 Å². The molecule has 0 radical (unpaired) electrons. The molecular weight excluding hydrogens is 447 g/mol. The van der Waals surface area contributed by atoms with Gasteiger partial charge in [-0.2, -0.15) is 0 Å². The van der Waals surface area contributed by atoms with Gasteiger partial charge in [-0.1, -0.05) is 69.7 Å². The molecule has 0 aromatic heterocycles. The summed E-state index contributed by atoms with van der Waals surface area (Å²) in [7, 11) is 0. The Hall–Kier alpha value is -2.42. The van der Waals surface area contributed by atoms with Gasteiger partial charge in [0.15, 0.2) is 0 Å². The van der Waals surface area contributed by atoms with Crippen LogP contribution in [0.1, 0.15) is 111 Å². The molecule has 4 atom stereocenters. The van der Waals surface area contributed by atoms with E-state index in [1.54, 1.807) is 18.2 Å². The fourth-order valence-corrected chi connectivity index (χ4v) is 6.53. The smallest absolute Gasteiger partial charge is 0.343 e. The van der Waals surface area contributed by atoms with Crippen LogP contribution >= 0.6 is 0 Å². The molecule has 0 amide bonds. The van der Waals surface area contributed by atoms with Crippen LogP contribution in [0, 0.1) is 23.6 Å². The normalized spacial score (nSPS) is 23.6. The Morgan fingerprint density at radius 2 is 1.78 bits per heavy atom. The van der Waals surface area contributed by atoms with Crippen LogP contribution in [0.2, 0.25) is 0 Å². The fourth-order valence-electron chi connectivity index (χ4n) is 6.53. The average Bonchev–Trinajstić information content (AvgIpc) is 2.90. The van der Waals surface area contributed by atoms with Crippen LogP contribution < -0.4 is 4.74 Å².